The first-order chi connectivity index (χ1) is 11.7. The number of aromatic nitrogens is 3. The van der Waals surface area contributed by atoms with Crippen LogP contribution in [0, 0.1) is 0 Å². The minimum Gasteiger partial charge on any atom is -0.497 e. The number of amides is 2. The summed E-state index contributed by atoms with van der Waals surface area (Å²) in [5, 5.41) is 8.20. The van der Waals surface area contributed by atoms with Crippen molar-refractivity contribution in [1.82, 2.24) is 19.7 Å². The van der Waals surface area contributed by atoms with Crippen LogP contribution in [-0.2, 0) is 19.8 Å². The van der Waals surface area contributed by atoms with Gasteiger partial charge in [-0.05, 0) is 12.1 Å². The molecule has 2 amide bonds. The van der Waals surface area contributed by atoms with Crippen LogP contribution in [0.5, 0.6) is 5.75 Å². The Labute approximate surface area is 140 Å². The van der Waals surface area contributed by atoms with Crippen LogP contribution in [0.4, 0.5) is 23.7 Å². The number of ether oxygens (including phenoxy) is 1. The number of carbonyl (C=O) groups excluding carboxylic acids is 1. The quantitative estimate of drug-likeness (QED) is 0.845. The van der Waals surface area contributed by atoms with Gasteiger partial charge in [-0.25, -0.2) is 14.3 Å². The smallest absolute Gasteiger partial charge is 0.451 e. The van der Waals surface area contributed by atoms with Crippen molar-refractivity contribution in [2.45, 2.75) is 12.7 Å². The summed E-state index contributed by atoms with van der Waals surface area (Å²) in [5.74, 6) is -0.740. The predicted octanol–water partition coefficient (Wildman–Crippen LogP) is 1.43. The number of anilines is 1. The van der Waals surface area contributed by atoms with Crippen LogP contribution in [0.15, 0.2) is 29.1 Å². The number of rotatable bonds is 5. The molecule has 2 N–H and O–H groups in total. The topological polar surface area (TPSA) is 90.2 Å². The normalized spacial score (nSPS) is 11.2. The summed E-state index contributed by atoms with van der Waals surface area (Å²) in [6.07, 6.45) is -4.73. The molecule has 0 radical (unpaired) electrons. The number of hydrogen-bond acceptors (Lipinski definition) is 4. The lowest BCUT2D eigenvalue weighted by Crippen LogP contribution is -2.34. The predicted molar refractivity (Wildman–Crippen MR) is 82.5 cm³/mol. The molecule has 2 rings (SSSR count). The maximum Gasteiger partial charge on any atom is 0.451 e. The Balaban J connectivity index is 1.92. The van der Waals surface area contributed by atoms with Crippen molar-refractivity contribution in [3.8, 4) is 5.75 Å². The van der Waals surface area contributed by atoms with E-state index in [-0.39, 0.29) is 13.1 Å². The highest BCUT2D eigenvalue weighted by Gasteiger charge is 2.37. The maximum absolute atomic E-state index is 12.7. The molecule has 1 heterocycles. The highest BCUT2D eigenvalue weighted by atomic mass is 19.4. The van der Waals surface area contributed by atoms with Gasteiger partial charge in [-0.15, -0.1) is 5.10 Å². The van der Waals surface area contributed by atoms with E-state index < -0.39 is 23.7 Å². The number of hydrogen-bond donors (Lipinski definition) is 2. The van der Waals surface area contributed by atoms with Gasteiger partial charge in [0.1, 0.15) is 5.75 Å². The molecule has 2 aromatic rings. The Morgan fingerprint density at radius 3 is 2.68 bits per heavy atom. The Bertz CT molecular complexity index is 813. The second-order valence-corrected chi connectivity index (χ2v) is 5.00. The molecule has 8 nitrogen and oxygen atoms in total. The van der Waals surface area contributed by atoms with E-state index in [0.29, 0.717) is 20.7 Å². The second-order valence-electron chi connectivity index (χ2n) is 5.00. The fraction of sp³-hybridized carbons (Fsp3) is 0.357. The zero-order chi connectivity index (χ0) is 18.6. The van der Waals surface area contributed by atoms with E-state index >= 15 is 0 Å². The Morgan fingerprint density at radius 2 is 2.08 bits per heavy atom. The fourth-order valence-electron chi connectivity index (χ4n) is 2.03. The largest absolute Gasteiger partial charge is 0.497 e. The van der Waals surface area contributed by atoms with Crippen molar-refractivity contribution >= 4 is 11.7 Å². The third-order valence-electron chi connectivity index (χ3n) is 3.23. The summed E-state index contributed by atoms with van der Waals surface area (Å²) < 4.78 is 44.1. The molecule has 0 aliphatic carbocycles. The van der Waals surface area contributed by atoms with E-state index in [2.05, 4.69) is 15.7 Å². The number of alkyl halides is 3. The van der Waals surface area contributed by atoms with Gasteiger partial charge in [0.25, 0.3) is 0 Å². The summed E-state index contributed by atoms with van der Waals surface area (Å²) in [5.41, 5.74) is -0.437. The summed E-state index contributed by atoms with van der Waals surface area (Å²) in [6, 6.07) is 6.04. The van der Waals surface area contributed by atoms with Crippen LogP contribution in [0.1, 0.15) is 5.82 Å². The Kier molecular flexibility index (Phi) is 5.35. The average molecular weight is 359 g/mol. The molecule has 0 aliphatic heterocycles. The van der Waals surface area contributed by atoms with Crippen LogP contribution < -0.4 is 21.1 Å². The minimum absolute atomic E-state index is 0.0793. The number of halogens is 3. The molecule has 136 valence electrons. The summed E-state index contributed by atoms with van der Waals surface area (Å²) >= 11 is 0. The monoisotopic (exact) mass is 359 g/mol. The van der Waals surface area contributed by atoms with Crippen molar-refractivity contribution in [1.29, 1.82) is 0 Å². The second kappa shape index (κ2) is 7.28. The molecule has 0 fully saturated rings. The molecule has 0 saturated carbocycles. The number of carbonyl (C=O) groups is 1. The molecule has 1 aromatic carbocycles. The standard InChI is InChI=1S/C14H16F3N5O3/c1-21-11(14(15,16)17)20-22(13(21)24)7-6-18-12(23)19-9-4-3-5-10(8-9)25-2/h3-5,8H,6-7H2,1-2H3,(H2,18,19,23). The molecular weight excluding hydrogens is 343 g/mol. The number of nitrogens with zero attached hydrogens (tertiary/aromatic N) is 3. The fourth-order valence-corrected chi connectivity index (χ4v) is 2.03. The van der Waals surface area contributed by atoms with E-state index in [1.54, 1.807) is 24.3 Å². The summed E-state index contributed by atoms with van der Waals surface area (Å²) in [7, 11) is 2.47. The van der Waals surface area contributed by atoms with Crippen LogP contribution >= 0.6 is 0 Å². The lowest BCUT2D eigenvalue weighted by Gasteiger charge is -2.08. The minimum atomic E-state index is -4.73. The van der Waals surface area contributed by atoms with Gasteiger partial charge < -0.3 is 15.4 Å². The highest BCUT2D eigenvalue weighted by Crippen LogP contribution is 2.25. The average Bonchev–Trinajstić information content (AvgIpc) is 2.83. The van der Waals surface area contributed by atoms with Gasteiger partial charge in [0.2, 0.25) is 5.82 Å². The molecule has 25 heavy (non-hydrogen) atoms. The van der Waals surface area contributed by atoms with Crippen LogP contribution in [-0.4, -0.2) is 34.0 Å². The van der Waals surface area contributed by atoms with Crippen molar-refractivity contribution in [3.05, 3.63) is 40.6 Å². The molecular formula is C14H16F3N5O3. The maximum atomic E-state index is 12.7. The van der Waals surface area contributed by atoms with Crippen LogP contribution in [0.3, 0.4) is 0 Å². The lowest BCUT2D eigenvalue weighted by atomic mass is 10.3. The van der Waals surface area contributed by atoms with Gasteiger partial charge in [-0.3, -0.25) is 4.57 Å². The van der Waals surface area contributed by atoms with Crippen molar-refractivity contribution in [2.24, 2.45) is 7.05 Å². The van der Waals surface area contributed by atoms with Gasteiger partial charge in [-0.1, -0.05) is 6.07 Å². The number of methoxy groups -OCH3 is 1. The summed E-state index contributed by atoms with van der Waals surface area (Å²) in [4.78, 5) is 23.5. The van der Waals surface area contributed by atoms with Crippen molar-refractivity contribution in [2.75, 3.05) is 19.0 Å². The molecule has 0 unspecified atom stereocenters. The molecule has 1 aromatic heterocycles. The highest BCUT2D eigenvalue weighted by molar-refractivity contribution is 5.89. The van der Waals surface area contributed by atoms with E-state index in [0.717, 1.165) is 7.05 Å². The SMILES string of the molecule is COc1cccc(NC(=O)NCCn2nc(C(F)(F)F)n(C)c2=O)c1. The Morgan fingerprint density at radius 1 is 1.36 bits per heavy atom. The van der Waals surface area contributed by atoms with Crippen molar-refractivity contribution in [3.63, 3.8) is 0 Å². The molecule has 0 atom stereocenters. The van der Waals surface area contributed by atoms with Gasteiger partial charge in [0.15, 0.2) is 0 Å². The Hall–Kier alpha value is -2.98. The van der Waals surface area contributed by atoms with Crippen LogP contribution in [0.2, 0.25) is 0 Å². The number of benzene rings is 1. The first-order valence-electron chi connectivity index (χ1n) is 7.12. The van der Waals surface area contributed by atoms with E-state index in [1.165, 1.54) is 7.11 Å². The van der Waals surface area contributed by atoms with Gasteiger partial charge in [-0.2, -0.15) is 13.2 Å². The first kappa shape index (κ1) is 18.4. The number of nitrogens with one attached hydrogen (secondary N) is 2. The molecule has 0 spiro atoms. The summed E-state index contributed by atoms with van der Waals surface area (Å²) in [6.45, 7) is -0.279. The van der Waals surface area contributed by atoms with Gasteiger partial charge in [0, 0.05) is 25.3 Å². The van der Waals surface area contributed by atoms with Gasteiger partial charge in [0.05, 0.1) is 13.7 Å². The van der Waals surface area contributed by atoms with Crippen LogP contribution in [0.25, 0.3) is 0 Å². The first-order valence-corrected chi connectivity index (χ1v) is 7.12. The third kappa shape index (κ3) is 4.52. The number of urea groups is 1. The van der Waals surface area contributed by atoms with Gasteiger partial charge >= 0.3 is 17.9 Å². The van der Waals surface area contributed by atoms with E-state index in [1.807, 2.05) is 0 Å². The van der Waals surface area contributed by atoms with E-state index in [9.17, 15) is 22.8 Å². The van der Waals surface area contributed by atoms with Crippen molar-refractivity contribution < 1.29 is 22.7 Å². The lowest BCUT2D eigenvalue weighted by molar-refractivity contribution is -0.147. The molecule has 0 saturated heterocycles. The third-order valence-corrected chi connectivity index (χ3v) is 3.23. The molecule has 0 aliphatic rings. The molecule has 11 heteroatoms. The molecule has 0 bridgehead atoms. The van der Waals surface area contributed by atoms with E-state index in [4.69, 9.17) is 4.74 Å². The zero-order valence-electron chi connectivity index (χ0n) is 13.4. The zero-order valence-corrected chi connectivity index (χ0v) is 13.4.